The summed E-state index contributed by atoms with van der Waals surface area (Å²) in [5.41, 5.74) is 1.12. The van der Waals surface area contributed by atoms with E-state index in [1.165, 1.54) is 5.56 Å². The SMILES string of the molecule is CCCCC(=O)NCC(C)(C)c1ccc(OC)cc1. The van der Waals surface area contributed by atoms with Crippen LogP contribution in [0.3, 0.4) is 0 Å². The van der Waals surface area contributed by atoms with Gasteiger partial charge in [-0.15, -0.1) is 0 Å². The molecule has 0 heterocycles. The van der Waals surface area contributed by atoms with Crippen LogP contribution in [0.2, 0.25) is 0 Å². The van der Waals surface area contributed by atoms with Crippen molar-refractivity contribution in [2.45, 2.75) is 45.4 Å². The molecule has 3 heteroatoms. The average Bonchev–Trinajstić information content (AvgIpc) is 2.43. The fourth-order valence-corrected chi connectivity index (χ4v) is 1.89. The van der Waals surface area contributed by atoms with Crippen LogP contribution in [0.5, 0.6) is 5.75 Å². The van der Waals surface area contributed by atoms with Crippen LogP contribution in [0.15, 0.2) is 24.3 Å². The second-order valence-corrected chi connectivity index (χ2v) is 5.49. The highest BCUT2D eigenvalue weighted by Gasteiger charge is 2.21. The second kappa shape index (κ2) is 7.17. The number of benzene rings is 1. The molecule has 106 valence electrons. The fraction of sp³-hybridized carbons (Fsp3) is 0.562. The average molecular weight is 263 g/mol. The molecular formula is C16H25NO2. The van der Waals surface area contributed by atoms with Crippen LogP contribution >= 0.6 is 0 Å². The van der Waals surface area contributed by atoms with Gasteiger partial charge >= 0.3 is 0 Å². The smallest absolute Gasteiger partial charge is 0.220 e. The summed E-state index contributed by atoms with van der Waals surface area (Å²) in [5, 5.41) is 3.01. The molecule has 3 nitrogen and oxygen atoms in total. The van der Waals surface area contributed by atoms with Crippen molar-refractivity contribution in [1.29, 1.82) is 0 Å². The van der Waals surface area contributed by atoms with E-state index in [1.54, 1.807) is 7.11 Å². The standard InChI is InChI=1S/C16H25NO2/c1-5-6-7-15(18)17-12-16(2,3)13-8-10-14(19-4)11-9-13/h8-11H,5-7,12H2,1-4H3,(H,17,18). The third kappa shape index (κ3) is 4.93. The molecule has 0 atom stereocenters. The lowest BCUT2D eigenvalue weighted by Crippen LogP contribution is -2.36. The van der Waals surface area contributed by atoms with E-state index >= 15 is 0 Å². The van der Waals surface area contributed by atoms with Crippen molar-refractivity contribution in [1.82, 2.24) is 5.32 Å². The summed E-state index contributed by atoms with van der Waals surface area (Å²) in [6.45, 7) is 7.01. The largest absolute Gasteiger partial charge is 0.497 e. The van der Waals surface area contributed by atoms with E-state index in [-0.39, 0.29) is 11.3 Å². The zero-order chi connectivity index (χ0) is 14.3. The first kappa shape index (κ1) is 15.5. The van der Waals surface area contributed by atoms with E-state index in [1.807, 2.05) is 12.1 Å². The van der Waals surface area contributed by atoms with E-state index in [4.69, 9.17) is 4.74 Å². The molecule has 0 saturated carbocycles. The number of hydrogen-bond acceptors (Lipinski definition) is 2. The van der Waals surface area contributed by atoms with Crippen molar-refractivity contribution in [2.75, 3.05) is 13.7 Å². The van der Waals surface area contributed by atoms with Gasteiger partial charge in [0.15, 0.2) is 0 Å². The predicted octanol–water partition coefficient (Wildman–Crippen LogP) is 3.28. The van der Waals surface area contributed by atoms with E-state index in [2.05, 4.69) is 38.2 Å². The number of methoxy groups -OCH3 is 1. The molecule has 1 aromatic rings. The molecule has 0 aromatic heterocycles. The fourth-order valence-electron chi connectivity index (χ4n) is 1.89. The monoisotopic (exact) mass is 263 g/mol. The topological polar surface area (TPSA) is 38.3 Å². The van der Waals surface area contributed by atoms with Crippen molar-refractivity contribution in [3.8, 4) is 5.75 Å². The summed E-state index contributed by atoms with van der Waals surface area (Å²) in [5.74, 6) is 0.995. The number of nitrogens with one attached hydrogen (secondary N) is 1. The molecule has 0 fully saturated rings. The summed E-state index contributed by atoms with van der Waals surface area (Å²) in [7, 11) is 1.66. The lowest BCUT2D eigenvalue weighted by molar-refractivity contribution is -0.121. The summed E-state index contributed by atoms with van der Waals surface area (Å²) in [6.07, 6.45) is 2.62. The van der Waals surface area contributed by atoms with E-state index in [0.29, 0.717) is 13.0 Å². The van der Waals surface area contributed by atoms with E-state index in [0.717, 1.165) is 18.6 Å². The van der Waals surface area contributed by atoms with Crippen molar-refractivity contribution in [3.05, 3.63) is 29.8 Å². The molecular weight excluding hydrogens is 238 g/mol. The molecule has 1 N–H and O–H groups in total. The Hall–Kier alpha value is -1.51. The first-order chi connectivity index (χ1) is 8.99. The van der Waals surface area contributed by atoms with Crippen LogP contribution < -0.4 is 10.1 Å². The molecule has 0 aliphatic rings. The van der Waals surface area contributed by atoms with Crippen LogP contribution in [-0.2, 0) is 10.2 Å². The molecule has 0 spiro atoms. The third-order valence-electron chi connectivity index (χ3n) is 3.36. The zero-order valence-electron chi connectivity index (χ0n) is 12.5. The summed E-state index contributed by atoms with van der Waals surface area (Å²) in [4.78, 5) is 11.6. The first-order valence-electron chi connectivity index (χ1n) is 6.91. The molecule has 1 aromatic carbocycles. The summed E-state index contributed by atoms with van der Waals surface area (Å²) >= 11 is 0. The van der Waals surface area contributed by atoms with Crippen LogP contribution in [-0.4, -0.2) is 19.6 Å². The molecule has 19 heavy (non-hydrogen) atoms. The van der Waals surface area contributed by atoms with Crippen molar-refractivity contribution < 1.29 is 9.53 Å². The molecule has 0 aliphatic heterocycles. The van der Waals surface area contributed by atoms with Gasteiger partial charge in [0, 0.05) is 18.4 Å². The molecule has 0 unspecified atom stereocenters. The lowest BCUT2D eigenvalue weighted by atomic mass is 9.84. The van der Waals surface area contributed by atoms with Crippen LogP contribution in [0.1, 0.15) is 45.6 Å². The maximum Gasteiger partial charge on any atom is 0.220 e. The maximum atomic E-state index is 11.6. The highest BCUT2D eigenvalue weighted by atomic mass is 16.5. The molecule has 1 amide bonds. The van der Waals surface area contributed by atoms with Crippen LogP contribution in [0.25, 0.3) is 0 Å². The Morgan fingerprint density at radius 1 is 1.26 bits per heavy atom. The normalized spacial score (nSPS) is 11.2. The van der Waals surface area contributed by atoms with Crippen LogP contribution in [0.4, 0.5) is 0 Å². The Balaban J connectivity index is 2.56. The molecule has 0 aliphatic carbocycles. The van der Waals surface area contributed by atoms with Gasteiger partial charge in [-0.25, -0.2) is 0 Å². The van der Waals surface area contributed by atoms with Gasteiger partial charge in [-0.1, -0.05) is 39.3 Å². The number of ether oxygens (including phenoxy) is 1. The molecule has 0 bridgehead atoms. The Morgan fingerprint density at radius 3 is 2.42 bits per heavy atom. The molecule has 1 rings (SSSR count). The Bertz CT molecular complexity index is 396. The van der Waals surface area contributed by atoms with Gasteiger partial charge in [-0.2, -0.15) is 0 Å². The van der Waals surface area contributed by atoms with E-state index < -0.39 is 0 Å². The number of carbonyl (C=O) groups is 1. The minimum Gasteiger partial charge on any atom is -0.497 e. The Kier molecular flexibility index (Phi) is 5.87. The molecule has 0 radical (unpaired) electrons. The Morgan fingerprint density at radius 2 is 1.89 bits per heavy atom. The second-order valence-electron chi connectivity index (χ2n) is 5.49. The Labute approximate surface area is 116 Å². The predicted molar refractivity (Wildman–Crippen MR) is 78.6 cm³/mol. The van der Waals surface area contributed by atoms with E-state index in [9.17, 15) is 4.79 Å². The van der Waals surface area contributed by atoms with Gasteiger partial charge in [-0.3, -0.25) is 4.79 Å². The highest BCUT2D eigenvalue weighted by Crippen LogP contribution is 2.24. The van der Waals surface area contributed by atoms with Crippen LogP contribution in [0, 0.1) is 0 Å². The number of carbonyl (C=O) groups excluding carboxylic acids is 1. The number of rotatable bonds is 7. The van der Waals surface area contributed by atoms with Gasteiger partial charge in [-0.05, 0) is 24.1 Å². The van der Waals surface area contributed by atoms with Crippen molar-refractivity contribution in [2.24, 2.45) is 0 Å². The van der Waals surface area contributed by atoms with Gasteiger partial charge < -0.3 is 10.1 Å². The number of unbranched alkanes of at least 4 members (excludes halogenated alkanes) is 1. The highest BCUT2D eigenvalue weighted by molar-refractivity contribution is 5.75. The van der Waals surface area contributed by atoms with Gasteiger partial charge in [0.25, 0.3) is 0 Å². The maximum absolute atomic E-state index is 11.6. The summed E-state index contributed by atoms with van der Waals surface area (Å²) < 4.78 is 5.15. The van der Waals surface area contributed by atoms with Gasteiger partial charge in [0.2, 0.25) is 5.91 Å². The van der Waals surface area contributed by atoms with Crippen molar-refractivity contribution >= 4 is 5.91 Å². The lowest BCUT2D eigenvalue weighted by Gasteiger charge is -2.26. The first-order valence-corrected chi connectivity index (χ1v) is 6.91. The summed E-state index contributed by atoms with van der Waals surface area (Å²) in [6, 6.07) is 8.01. The van der Waals surface area contributed by atoms with Gasteiger partial charge in [0.05, 0.1) is 7.11 Å². The van der Waals surface area contributed by atoms with Crippen molar-refractivity contribution in [3.63, 3.8) is 0 Å². The minimum absolute atomic E-state index is 0.0753. The zero-order valence-corrected chi connectivity index (χ0v) is 12.5. The minimum atomic E-state index is -0.0753. The third-order valence-corrected chi connectivity index (χ3v) is 3.36. The quantitative estimate of drug-likeness (QED) is 0.820. The number of hydrogen-bond donors (Lipinski definition) is 1. The number of amides is 1. The molecule has 0 saturated heterocycles. The van der Waals surface area contributed by atoms with Gasteiger partial charge in [0.1, 0.15) is 5.75 Å².